The molecule has 4 aromatic rings. The van der Waals surface area contributed by atoms with Crippen molar-refractivity contribution in [1.82, 2.24) is 14.8 Å². The molecule has 0 spiro atoms. The molecule has 0 bridgehead atoms. The lowest BCUT2D eigenvalue weighted by Crippen LogP contribution is -2.21. The fraction of sp³-hybridized carbons (Fsp3) is 0.0455. The average Bonchev–Trinajstić information content (AvgIpc) is 3.11. The van der Waals surface area contributed by atoms with Crippen molar-refractivity contribution in [3.63, 3.8) is 0 Å². The number of alkyl halides is 3. The first kappa shape index (κ1) is 19.4. The van der Waals surface area contributed by atoms with Gasteiger partial charge < -0.3 is 0 Å². The van der Waals surface area contributed by atoms with Crippen LogP contribution in [-0.4, -0.2) is 20.5 Å². The Morgan fingerprint density at radius 1 is 0.900 bits per heavy atom. The first-order valence-corrected chi connectivity index (χ1v) is 8.90. The Bertz CT molecular complexity index is 1240. The average molecular weight is 409 g/mol. The van der Waals surface area contributed by atoms with Gasteiger partial charge in [0.15, 0.2) is 0 Å². The van der Waals surface area contributed by atoms with Gasteiger partial charge in [0.05, 0.1) is 11.4 Å². The van der Waals surface area contributed by atoms with Crippen LogP contribution in [0.2, 0.25) is 0 Å². The van der Waals surface area contributed by atoms with Crippen LogP contribution in [0.3, 0.4) is 0 Å². The Balaban J connectivity index is 1.87. The van der Waals surface area contributed by atoms with Gasteiger partial charge in [0.25, 0.3) is 5.56 Å². The lowest BCUT2D eigenvalue weighted by Gasteiger charge is -2.06. The number of carbonyl (C=O) groups is 1. The smallest absolute Gasteiger partial charge is 0.290 e. The van der Waals surface area contributed by atoms with Crippen molar-refractivity contribution in [1.29, 1.82) is 0 Å². The van der Waals surface area contributed by atoms with Gasteiger partial charge in [-0.25, -0.2) is 4.68 Å². The van der Waals surface area contributed by atoms with Crippen LogP contribution >= 0.6 is 0 Å². The zero-order chi connectivity index (χ0) is 21.3. The highest BCUT2D eigenvalue weighted by atomic mass is 19.4. The predicted molar refractivity (Wildman–Crippen MR) is 104 cm³/mol. The Hall–Kier alpha value is -3.94. The van der Waals surface area contributed by atoms with E-state index >= 15 is 0 Å². The van der Waals surface area contributed by atoms with E-state index in [-0.39, 0.29) is 16.8 Å². The molecular formula is C22H14F3N3O2. The molecule has 0 unspecified atom stereocenters. The van der Waals surface area contributed by atoms with E-state index in [9.17, 15) is 22.8 Å². The van der Waals surface area contributed by atoms with E-state index in [2.05, 4.69) is 10.1 Å². The normalized spacial score (nSPS) is 11.4. The van der Waals surface area contributed by atoms with Gasteiger partial charge in [-0.1, -0.05) is 48.5 Å². The van der Waals surface area contributed by atoms with E-state index < -0.39 is 23.2 Å². The number of hydrogen-bond donors (Lipinski definition) is 1. The number of aromatic amines is 1. The van der Waals surface area contributed by atoms with Crippen molar-refractivity contribution < 1.29 is 18.0 Å². The van der Waals surface area contributed by atoms with E-state index in [0.29, 0.717) is 11.3 Å². The third-order valence-electron chi connectivity index (χ3n) is 4.51. The molecule has 0 amide bonds. The molecule has 0 atom stereocenters. The van der Waals surface area contributed by atoms with E-state index in [1.165, 1.54) is 4.68 Å². The summed E-state index contributed by atoms with van der Waals surface area (Å²) in [5.41, 5.74) is -0.628. The highest BCUT2D eigenvalue weighted by molar-refractivity contribution is 6.12. The summed E-state index contributed by atoms with van der Waals surface area (Å²) in [7, 11) is 0. The molecule has 5 nitrogen and oxygen atoms in total. The minimum atomic E-state index is -4.62. The fourth-order valence-electron chi connectivity index (χ4n) is 3.06. The number of ketones is 1. The molecule has 0 saturated heterocycles. The fourth-order valence-corrected chi connectivity index (χ4v) is 3.06. The summed E-state index contributed by atoms with van der Waals surface area (Å²) in [5, 5.41) is 2.95. The Morgan fingerprint density at radius 3 is 2.10 bits per heavy atom. The molecule has 4 rings (SSSR count). The number of carbonyl (C=O) groups excluding carboxylic acids is 1. The highest BCUT2D eigenvalue weighted by Gasteiger charge is 2.32. The SMILES string of the molecule is O=C(c1ccc(C(F)(F)F)nc1)c1c(-c2ccccc2)[nH]n(-c2ccccc2)c1=O. The van der Waals surface area contributed by atoms with Crippen molar-refractivity contribution in [3.8, 4) is 16.9 Å². The number of benzene rings is 2. The summed E-state index contributed by atoms with van der Waals surface area (Å²) < 4.78 is 39.6. The molecule has 0 aliphatic carbocycles. The molecule has 0 aliphatic rings. The topological polar surface area (TPSA) is 67.8 Å². The zero-order valence-corrected chi connectivity index (χ0v) is 15.4. The molecule has 0 aliphatic heterocycles. The third-order valence-corrected chi connectivity index (χ3v) is 4.51. The maximum atomic E-state index is 13.1. The Kier molecular flexibility index (Phi) is 4.83. The van der Waals surface area contributed by atoms with Crippen molar-refractivity contribution in [2.24, 2.45) is 0 Å². The predicted octanol–water partition coefficient (Wildman–Crippen LogP) is 4.48. The third kappa shape index (κ3) is 3.55. The maximum absolute atomic E-state index is 13.1. The number of aromatic nitrogens is 3. The number of halogens is 3. The Labute approximate surface area is 168 Å². The summed E-state index contributed by atoms with van der Waals surface area (Å²) >= 11 is 0. The van der Waals surface area contributed by atoms with E-state index in [1.807, 2.05) is 0 Å². The van der Waals surface area contributed by atoms with Crippen LogP contribution in [0.4, 0.5) is 13.2 Å². The second-order valence-corrected chi connectivity index (χ2v) is 6.46. The maximum Gasteiger partial charge on any atom is 0.433 e. The zero-order valence-electron chi connectivity index (χ0n) is 15.4. The van der Waals surface area contributed by atoms with Gasteiger partial charge in [0.2, 0.25) is 5.78 Å². The van der Waals surface area contributed by atoms with Gasteiger partial charge in [-0.3, -0.25) is 19.7 Å². The van der Waals surface area contributed by atoms with Crippen LogP contribution in [0.1, 0.15) is 21.6 Å². The van der Waals surface area contributed by atoms with Crippen molar-refractivity contribution in [3.05, 3.63) is 106 Å². The minimum Gasteiger partial charge on any atom is -0.290 e. The second kappa shape index (κ2) is 7.47. The first-order valence-electron chi connectivity index (χ1n) is 8.90. The lowest BCUT2D eigenvalue weighted by atomic mass is 10.0. The molecule has 0 radical (unpaired) electrons. The van der Waals surface area contributed by atoms with Crippen molar-refractivity contribution in [2.45, 2.75) is 6.18 Å². The summed E-state index contributed by atoms with van der Waals surface area (Å²) in [6, 6.07) is 19.1. The molecule has 0 saturated carbocycles. The molecular weight excluding hydrogens is 395 g/mol. The Morgan fingerprint density at radius 2 is 1.53 bits per heavy atom. The molecule has 150 valence electrons. The van der Waals surface area contributed by atoms with E-state index in [4.69, 9.17) is 0 Å². The van der Waals surface area contributed by atoms with E-state index in [0.717, 1.165) is 18.3 Å². The van der Waals surface area contributed by atoms with Crippen LogP contribution in [0, 0.1) is 0 Å². The van der Waals surface area contributed by atoms with E-state index in [1.54, 1.807) is 60.7 Å². The van der Waals surface area contributed by atoms with Gasteiger partial charge in [-0.05, 0) is 24.3 Å². The summed E-state index contributed by atoms with van der Waals surface area (Å²) in [4.78, 5) is 29.6. The summed E-state index contributed by atoms with van der Waals surface area (Å²) in [6.45, 7) is 0. The van der Waals surface area contributed by atoms with Gasteiger partial charge in [-0.2, -0.15) is 13.2 Å². The van der Waals surface area contributed by atoms with Crippen LogP contribution in [0.15, 0.2) is 83.8 Å². The number of pyridine rings is 1. The summed E-state index contributed by atoms with van der Waals surface area (Å²) in [5.74, 6) is -0.717. The summed E-state index contributed by atoms with van der Waals surface area (Å²) in [6.07, 6.45) is -3.79. The van der Waals surface area contributed by atoms with Gasteiger partial charge in [0.1, 0.15) is 11.3 Å². The van der Waals surface area contributed by atoms with Crippen molar-refractivity contribution in [2.75, 3.05) is 0 Å². The minimum absolute atomic E-state index is 0.114. The molecule has 0 fully saturated rings. The molecule has 2 aromatic carbocycles. The number of rotatable bonds is 4. The molecule has 2 heterocycles. The molecule has 2 aromatic heterocycles. The van der Waals surface area contributed by atoms with Gasteiger partial charge in [-0.15, -0.1) is 0 Å². The quantitative estimate of drug-likeness (QED) is 0.506. The van der Waals surface area contributed by atoms with Gasteiger partial charge in [0, 0.05) is 17.3 Å². The standard InChI is InChI=1S/C22H14F3N3O2/c23-22(24,25)17-12-11-15(13-26-17)20(29)18-19(14-7-3-1-4-8-14)27-28(21(18)30)16-9-5-2-6-10-16/h1-13,27H. The number of H-pyrrole nitrogens is 1. The monoisotopic (exact) mass is 409 g/mol. The number of hydrogen-bond acceptors (Lipinski definition) is 3. The number of para-hydroxylation sites is 1. The van der Waals surface area contributed by atoms with Crippen LogP contribution < -0.4 is 5.56 Å². The molecule has 30 heavy (non-hydrogen) atoms. The van der Waals surface area contributed by atoms with Crippen LogP contribution in [0.5, 0.6) is 0 Å². The highest BCUT2D eigenvalue weighted by Crippen LogP contribution is 2.28. The van der Waals surface area contributed by atoms with Crippen LogP contribution in [0.25, 0.3) is 16.9 Å². The number of nitrogens with one attached hydrogen (secondary N) is 1. The van der Waals surface area contributed by atoms with Crippen LogP contribution in [-0.2, 0) is 6.18 Å². The lowest BCUT2D eigenvalue weighted by molar-refractivity contribution is -0.141. The second-order valence-electron chi connectivity index (χ2n) is 6.46. The first-order chi connectivity index (χ1) is 14.4. The largest absolute Gasteiger partial charge is 0.433 e. The van der Waals surface area contributed by atoms with Gasteiger partial charge >= 0.3 is 6.18 Å². The van der Waals surface area contributed by atoms with Crippen molar-refractivity contribution >= 4 is 5.78 Å². The number of nitrogens with zero attached hydrogens (tertiary/aromatic N) is 2. The molecule has 1 N–H and O–H groups in total. The molecule has 8 heteroatoms.